The van der Waals surface area contributed by atoms with Crippen LogP contribution in [0.4, 0.5) is 0 Å². The van der Waals surface area contributed by atoms with Gasteiger partial charge in [-0.3, -0.25) is 4.79 Å². The highest BCUT2D eigenvalue weighted by Crippen LogP contribution is 2.10. The molecule has 2 nitrogen and oxygen atoms in total. The Balaban J connectivity index is 2.66. The molecule has 0 unspecified atom stereocenters. The minimum absolute atomic E-state index is 0.185. The van der Waals surface area contributed by atoms with Gasteiger partial charge in [-0.15, -0.1) is 0 Å². The van der Waals surface area contributed by atoms with Crippen molar-refractivity contribution in [3.63, 3.8) is 0 Å². The number of amides is 1. The molecule has 0 radical (unpaired) electrons. The number of unbranched alkanes of at least 4 members (excludes halogenated alkanes) is 3. The first-order valence-corrected chi connectivity index (χ1v) is 7.55. The van der Waals surface area contributed by atoms with Crippen LogP contribution in [0.25, 0.3) is 0 Å². The normalized spacial score (nSPS) is 10.5. The van der Waals surface area contributed by atoms with Crippen LogP contribution >= 0.6 is 0 Å². The van der Waals surface area contributed by atoms with E-state index in [-0.39, 0.29) is 5.91 Å². The van der Waals surface area contributed by atoms with Crippen molar-refractivity contribution in [3.05, 3.63) is 35.4 Å². The number of aryl methyl sites for hydroxylation is 1. The molecule has 1 amide bonds. The standard InChI is InChI=1S/C17H27NO/c1-4-6-8-14-18(13-7-5-2)17(19)16-11-9-15(3)10-12-16/h9-12H,4-8,13-14H2,1-3H3. The lowest BCUT2D eigenvalue weighted by atomic mass is 10.1. The van der Waals surface area contributed by atoms with E-state index in [1.54, 1.807) is 0 Å². The first-order chi connectivity index (χ1) is 9.19. The van der Waals surface area contributed by atoms with Crippen molar-refractivity contribution >= 4 is 5.91 Å². The highest BCUT2D eigenvalue weighted by molar-refractivity contribution is 5.94. The monoisotopic (exact) mass is 261 g/mol. The molecular formula is C17H27NO. The van der Waals surface area contributed by atoms with E-state index in [4.69, 9.17) is 0 Å². The lowest BCUT2D eigenvalue weighted by molar-refractivity contribution is 0.0750. The number of benzene rings is 1. The highest BCUT2D eigenvalue weighted by atomic mass is 16.2. The molecule has 0 bridgehead atoms. The Morgan fingerprint density at radius 1 is 0.947 bits per heavy atom. The van der Waals surface area contributed by atoms with Crippen LogP contribution in [-0.2, 0) is 0 Å². The summed E-state index contributed by atoms with van der Waals surface area (Å²) in [4.78, 5) is 14.5. The molecule has 1 rings (SSSR count). The Morgan fingerprint density at radius 3 is 2.11 bits per heavy atom. The van der Waals surface area contributed by atoms with Crippen LogP contribution in [0.3, 0.4) is 0 Å². The zero-order valence-corrected chi connectivity index (χ0v) is 12.6. The second-order valence-electron chi connectivity index (χ2n) is 5.22. The van der Waals surface area contributed by atoms with Gasteiger partial charge in [0, 0.05) is 18.7 Å². The third kappa shape index (κ3) is 5.46. The van der Waals surface area contributed by atoms with Gasteiger partial charge >= 0.3 is 0 Å². The van der Waals surface area contributed by atoms with Crippen molar-refractivity contribution in [2.24, 2.45) is 0 Å². The van der Waals surface area contributed by atoms with E-state index in [1.807, 2.05) is 36.1 Å². The maximum atomic E-state index is 12.5. The maximum absolute atomic E-state index is 12.5. The smallest absolute Gasteiger partial charge is 0.253 e. The Morgan fingerprint density at radius 2 is 1.53 bits per heavy atom. The van der Waals surface area contributed by atoms with E-state index in [0.29, 0.717) is 0 Å². The van der Waals surface area contributed by atoms with Crippen molar-refractivity contribution in [2.45, 2.75) is 52.9 Å². The van der Waals surface area contributed by atoms with Crippen LogP contribution in [0.15, 0.2) is 24.3 Å². The predicted molar refractivity (Wildman–Crippen MR) is 81.5 cm³/mol. The molecule has 0 atom stereocenters. The second-order valence-corrected chi connectivity index (χ2v) is 5.22. The summed E-state index contributed by atoms with van der Waals surface area (Å²) in [5, 5.41) is 0. The van der Waals surface area contributed by atoms with Gasteiger partial charge in [0.05, 0.1) is 0 Å². The summed E-state index contributed by atoms with van der Waals surface area (Å²) in [6, 6.07) is 7.90. The van der Waals surface area contributed by atoms with Crippen LogP contribution in [0, 0.1) is 6.92 Å². The third-order valence-electron chi connectivity index (χ3n) is 3.40. The number of rotatable bonds is 8. The van der Waals surface area contributed by atoms with Crippen molar-refractivity contribution in [1.29, 1.82) is 0 Å². The minimum atomic E-state index is 0.185. The molecule has 0 aliphatic rings. The predicted octanol–water partition coefficient (Wildman–Crippen LogP) is 4.43. The van der Waals surface area contributed by atoms with E-state index >= 15 is 0 Å². The fourth-order valence-electron chi connectivity index (χ4n) is 2.10. The van der Waals surface area contributed by atoms with Gasteiger partial charge in [-0.1, -0.05) is 50.8 Å². The summed E-state index contributed by atoms with van der Waals surface area (Å²) in [6.07, 6.45) is 5.72. The molecule has 0 spiro atoms. The van der Waals surface area contributed by atoms with Crippen molar-refractivity contribution < 1.29 is 4.79 Å². The molecule has 2 heteroatoms. The lowest BCUT2D eigenvalue weighted by Crippen LogP contribution is -2.33. The van der Waals surface area contributed by atoms with Gasteiger partial charge in [0.25, 0.3) is 5.91 Å². The van der Waals surface area contributed by atoms with Crippen molar-refractivity contribution in [1.82, 2.24) is 4.90 Å². The van der Waals surface area contributed by atoms with Crippen molar-refractivity contribution in [3.8, 4) is 0 Å². The Bertz CT molecular complexity index is 369. The molecule has 0 heterocycles. The summed E-state index contributed by atoms with van der Waals surface area (Å²) in [5.74, 6) is 0.185. The van der Waals surface area contributed by atoms with Gasteiger partial charge in [-0.05, 0) is 31.9 Å². The first-order valence-electron chi connectivity index (χ1n) is 7.55. The Labute approximate surface area is 117 Å². The van der Waals surface area contributed by atoms with Crippen molar-refractivity contribution in [2.75, 3.05) is 13.1 Å². The van der Waals surface area contributed by atoms with Gasteiger partial charge in [-0.2, -0.15) is 0 Å². The number of carbonyl (C=O) groups excluding carboxylic acids is 1. The summed E-state index contributed by atoms with van der Waals surface area (Å²) >= 11 is 0. The summed E-state index contributed by atoms with van der Waals surface area (Å²) < 4.78 is 0. The van der Waals surface area contributed by atoms with E-state index < -0.39 is 0 Å². The average molecular weight is 261 g/mol. The third-order valence-corrected chi connectivity index (χ3v) is 3.40. The van der Waals surface area contributed by atoms with Crippen LogP contribution in [0.1, 0.15) is 61.9 Å². The molecule has 0 N–H and O–H groups in total. The summed E-state index contributed by atoms with van der Waals surface area (Å²) in [7, 11) is 0. The zero-order valence-electron chi connectivity index (χ0n) is 12.6. The fraction of sp³-hybridized carbons (Fsp3) is 0.588. The molecule has 1 aromatic rings. The first kappa shape index (κ1) is 15.7. The molecule has 106 valence electrons. The fourth-order valence-corrected chi connectivity index (χ4v) is 2.10. The molecule has 0 aromatic heterocycles. The van der Waals surface area contributed by atoms with Gasteiger partial charge in [0.2, 0.25) is 0 Å². The number of carbonyl (C=O) groups is 1. The zero-order chi connectivity index (χ0) is 14.1. The van der Waals surface area contributed by atoms with Crippen LogP contribution in [0.2, 0.25) is 0 Å². The number of hydrogen-bond donors (Lipinski definition) is 0. The summed E-state index contributed by atoms with van der Waals surface area (Å²) in [5.41, 5.74) is 2.01. The van der Waals surface area contributed by atoms with Gasteiger partial charge in [-0.25, -0.2) is 0 Å². The largest absolute Gasteiger partial charge is 0.339 e. The SMILES string of the molecule is CCCCCN(CCCC)C(=O)c1ccc(C)cc1. The quantitative estimate of drug-likeness (QED) is 0.634. The molecule has 0 saturated heterocycles. The maximum Gasteiger partial charge on any atom is 0.253 e. The molecule has 0 fully saturated rings. The van der Waals surface area contributed by atoms with E-state index in [1.165, 1.54) is 18.4 Å². The van der Waals surface area contributed by atoms with Gasteiger partial charge in [0.1, 0.15) is 0 Å². The molecule has 0 aliphatic heterocycles. The van der Waals surface area contributed by atoms with E-state index in [2.05, 4.69) is 13.8 Å². The van der Waals surface area contributed by atoms with Crippen LogP contribution in [0.5, 0.6) is 0 Å². The Kier molecular flexibility index (Phi) is 7.24. The molecule has 0 aliphatic carbocycles. The van der Waals surface area contributed by atoms with Crippen LogP contribution < -0.4 is 0 Å². The van der Waals surface area contributed by atoms with Crippen LogP contribution in [-0.4, -0.2) is 23.9 Å². The molecule has 0 saturated carbocycles. The van der Waals surface area contributed by atoms with E-state index in [0.717, 1.165) is 37.9 Å². The molecular weight excluding hydrogens is 234 g/mol. The number of hydrogen-bond acceptors (Lipinski definition) is 1. The topological polar surface area (TPSA) is 20.3 Å². The Hall–Kier alpha value is -1.31. The highest BCUT2D eigenvalue weighted by Gasteiger charge is 2.14. The average Bonchev–Trinajstić information content (AvgIpc) is 2.43. The molecule has 1 aromatic carbocycles. The number of nitrogens with zero attached hydrogens (tertiary/aromatic N) is 1. The second kappa shape index (κ2) is 8.73. The van der Waals surface area contributed by atoms with E-state index in [9.17, 15) is 4.79 Å². The minimum Gasteiger partial charge on any atom is -0.339 e. The molecule has 19 heavy (non-hydrogen) atoms. The summed E-state index contributed by atoms with van der Waals surface area (Å²) in [6.45, 7) is 8.18. The van der Waals surface area contributed by atoms with Gasteiger partial charge < -0.3 is 4.90 Å². The lowest BCUT2D eigenvalue weighted by Gasteiger charge is -2.22. The van der Waals surface area contributed by atoms with Gasteiger partial charge in [0.15, 0.2) is 0 Å².